The van der Waals surface area contributed by atoms with Crippen LogP contribution in [0, 0.1) is 20.8 Å². The van der Waals surface area contributed by atoms with Crippen LogP contribution in [0.15, 0.2) is 54.6 Å². The zero-order valence-electron chi connectivity index (χ0n) is 18.9. The average Bonchev–Trinajstić information content (AvgIpc) is 2.77. The van der Waals surface area contributed by atoms with E-state index in [1.807, 2.05) is 82.3 Å². The quantitative estimate of drug-likeness (QED) is 0.400. The SMILES string of the molecule is CCOc1cc(CNc2cccc(Cl)c2C)ccc1OCC(=O)Nc1cc(C)ccc1C. The second-order valence-corrected chi connectivity index (χ2v) is 8.04. The molecule has 6 heteroatoms. The number of carbonyl (C=O) groups is 1. The van der Waals surface area contributed by atoms with Gasteiger partial charge in [-0.2, -0.15) is 0 Å². The van der Waals surface area contributed by atoms with E-state index >= 15 is 0 Å². The van der Waals surface area contributed by atoms with Crippen LogP contribution in [0.3, 0.4) is 0 Å². The summed E-state index contributed by atoms with van der Waals surface area (Å²) >= 11 is 6.20. The molecule has 32 heavy (non-hydrogen) atoms. The lowest BCUT2D eigenvalue weighted by Crippen LogP contribution is -2.21. The Morgan fingerprint density at radius 2 is 1.75 bits per heavy atom. The van der Waals surface area contributed by atoms with E-state index in [1.165, 1.54) is 0 Å². The molecule has 5 nitrogen and oxygen atoms in total. The Hall–Kier alpha value is -3.18. The first kappa shape index (κ1) is 23.5. The van der Waals surface area contributed by atoms with E-state index in [1.54, 1.807) is 0 Å². The topological polar surface area (TPSA) is 59.6 Å². The van der Waals surface area contributed by atoms with E-state index in [0.29, 0.717) is 24.7 Å². The Kier molecular flexibility index (Phi) is 8.01. The molecule has 0 saturated heterocycles. The summed E-state index contributed by atoms with van der Waals surface area (Å²) in [6.45, 7) is 8.84. The zero-order valence-corrected chi connectivity index (χ0v) is 19.7. The van der Waals surface area contributed by atoms with Crippen molar-refractivity contribution in [1.82, 2.24) is 0 Å². The van der Waals surface area contributed by atoms with Crippen molar-refractivity contribution in [3.8, 4) is 11.5 Å². The smallest absolute Gasteiger partial charge is 0.262 e. The molecule has 0 atom stereocenters. The van der Waals surface area contributed by atoms with Gasteiger partial charge in [0, 0.05) is 22.9 Å². The Bertz CT molecular complexity index is 1100. The fourth-order valence-corrected chi connectivity index (χ4v) is 3.42. The number of anilines is 2. The minimum absolute atomic E-state index is 0.104. The summed E-state index contributed by atoms with van der Waals surface area (Å²) in [5, 5.41) is 7.04. The molecule has 0 spiro atoms. The van der Waals surface area contributed by atoms with Crippen molar-refractivity contribution in [2.24, 2.45) is 0 Å². The van der Waals surface area contributed by atoms with Crippen molar-refractivity contribution in [1.29, 1.82) is 0 Å². The summed E-state index contributed by atoms with van der Waals surface area (Å²) in [7, 11) is 0. The second kappa shape index (κ2) is 10.9. The van der Waals surface area contributed by atoms with Gasteiger partial charge in [-0.15, -0.1) is 0 Å². The second-order valence-electron chi connectivity index (χ2n) is 7.64. The highest BCUT2D eigenvalue weighted by atomic mass is 35.5. The Balaban J connectivity index is 1.64. The molecular formula is C26H29ClN2O3. The first-order valence-corrected chi connectivity index (χ1v) is 11.0. The van der Waals surface area contributed by atoms with Crippen LogP contribution in [0.1, 0.15) is 29.2 Å². The van der Waals surface area contributed by atoms with Crippen LogP contribution >= 0.6 is 11.6 Å². The largest absolute Gasteiger partial charge is 0.490 e. The molecule has 0 bridgehead atoms. The molecule has 0 aromatic heterocycles. The van der Waals surface area contributed by atoms with Crippen molar-refractivity contribution in [2.45, 2.75) is 34.2 Å². The molecular weight excluding hydrogens is 424 g/mol. The molecule has 0 saturated carbocycles. The molecule has 0 aliphatic rings. The lowest BCUT2D eigenvalue weighted by atomic mass is 10.1. The standard InChI is InChI=1S/C26H29ClN2O3/c1-5-31-25-14-20(15-28-22-8-6-7-21(27)19(22)4)11-12-24(25)32-16-26(30)29-23-13-17(2)9-10-18(23)3/h6-14,28H,5,15-16H2,1-4H3,(H,29,30). The molecule has 0 radical (unpaired) electrons. The average molecular weight is 453 g/mol. The van der Waals surface area contributed by atoms with Crippen LogP contribution in [0.25, 0.3) is 0 Å². The Morgan fingerprint density at radius 3 is 2.53 bits per heavy atom. The third-order valence-electron chi connectivity index (χ3n) is 5.08. The van der Waals surface area contributed by atoms with E-state index < -0.39 is 0 Å². The van der Waals surface area contributed by atoms with Gasteiger partial charge in [-0.3, -0.25) is 4.79 Å². The van der Waals surface area contributed by atoms with Crippen LogP contribution in [0.2, 0.25) is 5.02 Å². The van der Waals surface area contributed by atoms with Crippen molar-refractivity contribution in [3.05, 3.63) is 81.9 Å². The number of rotatable bonds is 9. The Morgan fingerprint density at radius 1 is 0.938 bits per heavy atom. The molecule has 0 aliphatic carbocycles. The molecule has 0 unspecified atom stereocenters. The lowest BCUT2D eigenvalue weighted by Gasteiger charge is -2.15. The number of hydrogen-bond donors (Lipinski definition) is 2. The van der Waals surface area contributed by atoms with Gasteiger partial charge in [0.2, 0.25) is 0 Å². The van der Waals surface area contributed by atoms with Gasteiger partial charge in [0.15, 0.2) is 18.1 Å². The lowest BCUT2D eigenvalue weighted by molar-refractivity contribution is -0.118. The summed E-state index contributed by atoms with van der Waals surface area (Å²) in [6.07, 6.45) is 0. The number of amides is 1. The molecule has 1 amide bonds. The van der Waals surface area contributed by atoms with E-state index in [9.17, 15) is 4.79 Å². The van der Waals surface area contributed by atoms with Crippen LogP contribution in [0.4, 0.5) is 11.4 Å². The fourth-order valence-electron chi connectivity index (χ4n) is 3.25. The summed E-state index contributed by atoms with van der Waals surface area (Å²) in [5.74, 6) is 0.920. The number of aryl methyl sites for hydroxylation is 2. The van der Waals surface area contributed by atoms with Crippen LogP contribution < -0.4 is 20.1 Å². The van der Waals surface area contributed by atoms with Crippen LogP contribution in [0.5, 0.6) is 11.5 Å². The third-order valence-corrected chi connectivity index (χ3v) is 5.49. The molecule has 0 fully saturated rings. The molecule has 3 aromatic carbocycles. The maximum absolute atomic E-state index is 12.4. The van der Waals surface area contributed by atoms with Gasteiger partial charge >= 0.3 is 0 Å². The molecule has 168 valence electrons. The van der Waals surface area contributed by atoms with E-state index in [2.05, 4.69) is 10.6 Å². The molecule has 3 rings (SSSR count). The van der Waals surface area contributed by atoms with Gasteiger partial charge in [0.25, 0.3) is 5.91 Å². The van der Waals surface area contributed by atoms with Crippen LogP contribution in [-0.4, -0.2) is 19.1 Å². The summed E-state index contributed by atoms with van der Waals surface area (Å²) in [4.78, 5) is 12.4. The summed E-state index contributed by atoms with van der Waals surface area (Å²) in [5.41, 5.74) is 5.91. The third kappa shape index (κ3) is 6.17. The number of carbonyl (C=O) groups excluding carboxylic acids is 1. The first-order valence-electron chi connectivity index (χ1n) is 10.6. The monoisotopic (exact) mass is 452 g/mol. The van der Waals surface area contributed by atoms with Crippen molar-refractivity contribution in [2.75, 3.05) is 23.8 Å². The maximum atomic E-state index is 12.4. The van der Waals surface area contributed by atoms with Gasteiger partial charge in [-0.1, -0.05) is 35.9 Å². The minimum atomic E-state index is -0.219. The molecule has 0 aliphatic heterocycles. The van der Waals surface area contributed by atoms with E-state index in [0.717, 1.165) is 38.7 Å². The number of halogens is 1. The van der Waals surface area contributed by atoms with E-state index in [4.69, 9.17) is 21.1 Å². The fraction of sp³-hybridized carbons (Fsp3) is 0.269. The molecule has 0 heterocycles. The van der Waals surface area contributed by atoms with E-state index in [-0.39, 0.29) is 12.5 Å². The molecule has 3 aromatic rings. The van der Waals surface area contributed by atoms with Gasteiger partial charge in [-0.05, 0) is 80.3 Å². The summed E-state index contributed by atoms with van der Waals surface area (Å²) in [6, 6.07) is 17.4. The van der Waals surface area contributed by atoms with Crippen molar-refractivity contribution < 1.29 is 14.3 Å². The van der Waals surface area contributed by atoms with Gasteiger partial charge in [0.1, 0.15) is 0 Å². The highest BCUT2D eigenvalue weighted by molar-refractivity contribution is 6.31. The first-order chi connectivity index (χ1) is 15.4. The predicted molar refractivity (Wildman–Crippen MR) is 131 cm³/mol. The summed E-state index contributed by atoms with van der Waals surface area (Å²) < 4.78 is 11.5. The Labute approximate surface area is 194 Å². The highest BCUT2D eigenvalue weighted by Crippen LogP contribution is 2.30. The maximum Gasteiger partial charge on any atom is 0.262 e. The van der Waals surface area contributed by atoms with Gasteiger partial charge in [0.05, 0.1) is 6.61 Å². The van der Waals surface area contributed by atoms with Gasteiger partial charge < -0.3 is 20.1 Å². The zero-order chi connectivity index (χ0) is 23.1. The number of benzene rings is 3. The predicted octanol–water partition coefficient (Wildman–Crippen LogP) is 6.29. The minimum Gasteiger partial charge on any atom is -0.490 e. The molecule has 2 N–H and O–H groups in total. The van der Waals surface area contributed by atoms with Gasteiger partial charge in [-0.25, -0.2) is 0 Å². The number of hydrogen-bond acceptors (Lipinski definition) is 4. The number of ether oxygens (including phenoxy) is 2. The van der Waals surface area contributed by atoms with Crippen molar-refractivity contribution >= 4 is 28.9 Å². The number of nitrogens with one attached hydrogen (secondary N) is 2. The normalized spacial score (nSPS) is 10.5. The highest BCUT2D eigenvalue weighted by Gasteiger charge is 2.11. The van der Waals surface area contributed by atoms with Crippen molar-refractivity contribution in [3.63, 3.8) is 0 Å². The van der Waals surface area contributed by atoms with Crippen LogP contribution in [-0.2, 0) is 11.3 Å².